The van der Waals surface area contributed by atoms with E-state index in [1.165, 1.54) is 0 Å². The van der Waals surface area contributed by atoms with Crippen LogP contribution < -0.4 is 10.9 Å². The molecular weight excluding hydrogens is 472 g/mol. The molecule has 2 N–H and O–H groups in total. The molecule has 0 amide bonds. The Balaban J connectivity index is 1.66. The maximum absolute atomic E-state index is 12.6. The molecule has 3 aromatic rings. The number of carbonyl (C=O) groups excluding carboxylic acids is 1. The molecule has 1 fully saturated rings. The van der Waals surface area contributed by atoms with Crippen LogP contribution in [-0.4, -0.2) is 55.7 Å². The lowest BCUT2D eigenvalue weighted by atomic mass is 10.1. The molecule has 1 aliphatic heterocycles. The Morgan fingerprint density at radius 1 is 1.32 bits per heavy atom. The van der Waals surface area contributed by atoms with Crippen molar-refractivity contribution in [1.29, 1.82) is 0 Å². The number of fused-ring (bicyclic) bond motifs is 1. The van der Waals surface area contributed by atoms with E-state index in [1.807, 2.05) is 37.4 Å². The fraction of sp³-hybridized carbons (Fsp3) is 0.536. The lowest BCUT2D eigenvalue weighted by molar-refractivity contribution is -0.160. The Labute approximate surface area is 217 Å². The first-order valence-electron chi connectivity index (χ1n) is 12.9. The third-order valence-electron chi connectivity index (χ3n) is 6.51. The number of aliphatic hydroxyl groups excluding tert-OH is 1. The molecule has 3 heterocycles. The number of esters is 1. The van der Waals surface area contributed by atoms with Gasteiger partial charge in [0.15, 0.2) is 0 Å². The lowest BCUT2D eigenvalue weighted by Gasteiger charge is -2.26. The molecular formula is C28H38N4O5. The molecule has 9 heteroatoms. The summed E-state index contributed by atoms with van der Waals surface area (Å²) in [5.74, 6) is 0.293. The van der Waals surface area contributed by atoms with Crippen molar-refractivity contribution in [1.82, 2.24) is 19.4 Å². The highest BCUT2D eigenvalue weighted by Gasteiger charge is 2.28. The van der Waals surface area contributed by atoms with Crippen LogP contribution in [0.2, 0.25) is 0 Å². The van der Waals surface area contributed by atoms with Crippen molar-refractivity contribution >= 4 is 17.0 Å². The van der Waals surface area contributed by atoms with Crippen molar-refractivity contribution in [3.63, 3.8) is 0 Å². The van der Waals surface area contributed by atoms with E-state index in [4.69, 9.17) is 14.5 Å². The number of nitrogens with zero attached hydrogens (tertiary/aromatic N) is 3. The maximum Gasteiger partial charge on any atom is 0.326 e. The van der Waals surface area contributed by atoms with Gasteiger partial charge in [-0.3, -0.25) is 14.9 Å². The fourth-order valence-electron chi connectivity index (χ4n) is 4.73. The predicted octanol–water partition coefficient (Wildman–Crippen LogP) is 3.07. The van der Waals surface area contributed by atoms with Gasteiger partial charge in [-0.25, -0.2) is 4.98 Å². The number of hydrogen-bond donors (Lipinski definition) is 2. The molecule has 200 valence electrons. The Bertz CT molecular complexity index is 1300. The van der Waals surface area contributed by atoms with E-state index in [-0.39, 0.29) is 11.7 Å². The molecule has 4 rings (SSSR count). The molecule has 0 bridgehead atoms. The number of benzene rings is 1. The molecule has 37 heavy (non-hydrogen) atoms. The van der Waals surface area contributed by atoms with Crippen molar-refractivity contribution in [2.45, 2.75) is 84.4 Å². The molecule has 1 saturated heterocycles. The third-order valence-corrected chi connectivity index (χ3v) is 6.51. The monoisotopic (exact) mass is 510 g/mol. The van der Waals surface area contributed by atoms with E-state index in [9.17, 15) is 14.7 Å². The summed E-state index contributed by atoms with van der Waals surface area (Å²) in [7, 11) is 1.75. The van der Waals surface area contributed by atoms with Crippen molar-refractivity contribution < 1.29 is 19.4 Å². The van der Waals surface area contributed by atoms with E-state index in [2.05, 4.69) is 9.88 Å². The first-order valence-corrected chi connectivity index (χ1v) is 12.9. The van der Waals surface area contributed by atoms with Crippen molar-refractivity contribution in [2.75, 3.05) is 6.61 Å². The molecule has 2 unspecified atom stereocenters. The van der Waals surface area contributed by atoms with Crippen LogP contribution in [0.25, 0.3) is 22.4 Å². The highest BCUT2D eigenvalue weighted by atomic mass is 16.6. The van der Waals surface area contributed by atoms with Gasteiger partial charge in [-0.1, -0.05) is 6.07 Å². The van der Waals surface area contributed by atoms with Gasteiger partial charge in [0.2, 0.25) is 0 Å². The zero-order valence-corrected chi connectivity index (χ0v) is 22.6. The lowest BCUT2D eigenvalue weighted by Crippen LogP contribution is -2.47. The zero-order valence-electron chi connectivity index (χ0n) is 22.6. The number of aromatic nitrogens is 3. The first-order chi connectivity index (χ1) is 17.4. The molecule has 0 saturated carbocycles. The topological polar surface area (TPSA) is 108 Å². The first kappa shape index (κ1) is 27.0. The zero-order chi connectivity index (χ0) is 26.9. The van der Waals surface area contributed by atoms with Gasteiger partial charge in [-0.2, -0.15) is 0 Å². The number of ether oxygens (including phenoxy) is 2. The van der Waals surface area contributed by atoms with Crippen molar-refractivity contribution in [3.8, 4) is 11.4 Å². The average molecular weight is 511 g/mol. The highest BCUT2D eigenvalue weighted by molar-refractivity contribution is 5.81. The molecule has 0 aliphatic carbocycles. The number of pyridine rings is 1. The predicted molar refractivity (Wildman–Crippen MR) is 142 cm³/mol. The fourth-order valence-corrected chi connectivity index (χ4v) is 4.73. The molecule has 3 atom stereocenters. The standard InChI is InChI=1S/C28H38N4O5/c1-17-12-20(15-31(6)26(17)34)25-30-22-13-19(9-10-23(22)32(25)16-21-8-7-11-36-21)14-29-24(18(2)33)27(35)37-28(3,4)5/h9-10,12-13,15,18,21,24,29,33H,7-8,11,14,16H2,1-6H3/t18?,21-,24?/m0/s1. The SMILES string of the molecule is Cc1cc(-c2nc3cc(CNC(C(=O)OC(C)(C)C)C(C)O)ccc3n2C[C@@H]2CCCO2)cn(C)c1=O. The van der Waals surface area contributed by atoms with Gasteiger partial charge in [0.05, 0.1) is 29.8 Å². The summed E-state index contributed by atoms with van der Waals surface area (Å²) in [6.07, 6.45) is 3.07. The maximum atomic E-state index is 12.6. The second-order valence-corrected chi connectivity index (χ2v) is 11.0. The van der Waals surface area contributed by atoms with Crippen LogP contribution in [0.5, 0.6) is 0 Å². The minimum absolute atomic E-state index is 0.0310. The van der Waals surface area contributed by atoms with Gasteiger partial charge in [0.1, 0.15) is 17.5 Å². The van der Waals surface area contributed by atoms with E-state index in [0.29, 0.717) is 18.7 Å². The van der Waals surface area contributed by atoms with Gasteiger partial charge >= 0.3 is 5.97 Å². The number of rotatable bonds is 8. The smallest absolute Gasteiger partial charge is 0.326 e. The van der Waals surface area contributed by atoms with Crippen LogP contribution >= 0.6 is 0 Å². The van der Waals surface area contributed by atoms with Crippen LogP contribution in [0.1, 0.15) is 51.7 Å². The molecule has 9 nitrogen and oxygen atoms in total. The Morgan fingerprint density at radius 2 is 2.08 bits per heavy atom. The minimum atomic E-state index is -0.913. The Kier molecular flexibility index (Phi) is 7.87. The minimum Gasteiger partial charge on any atom is -0.459 e. The highest BCUT2D eigenvalue weighted by Crippen LogP contribution is 2.28. The van der Waals surface area contributed by atoms with E-state index < -0.39 is 23.7 Å². The van der Waals surface area contributed by atoms with E-state index >= 15 is 0 Å². The summed E-state index contributed by atoms with van der Waals surface area (Å²) in [6.45, 7) is 10.6. The summed E-state index contributed by atoms with van der Waals surface area (Å²) < 4.78 is 15.1. The largest absolute Gasteiger partial charge is 0.459 e. The average Bonchev–Trinajstić information content (AvgIpc) is 3.44. The van der Waals surface area contributed by atoms with Crippen LogP contribution in [0.4, 0.5) is 0 Å². The van der Waals surface area contributed by atoms with Crippen molar-refractivity contribution in [2.24, 2.45) is 7.05 Å². The summed E-state index contributed by atoms with van der Waals surface area (Å²) >= 11 is 0. The number of imidazole rings is 1. The van der Waals surface area contributed by atoms with Crippen LogP contribution in [-0.2, 0) is 34.4 Å². The van der Waals surface area contributed by atoms with Crippen LogP contribution in [0.3, 0.4) is 0 Å². The van der Waals surface area contributed by atoms with Gasteiger partial charge < -0.3 is 23.7 Å². The number of hydrogen-bond acceptors (Lipinski definition) is 7. The Morgan fingerprint density at radius 3 is 2.70 bits per heavy atom. The van der Waals surface area contributed by atoms with Crippen LogP contribution in [0, 0.1) is 6.92 Å². The van der Waals surface area contributed by atoms with Crippen LogP contribution in [0.15, 0.2) is 35.3 Å². The van der Waals surface area contributed by atoms with Gasteiger partial charge in [-0.15, -0.1) is 0 Å². The second-order valence-electron chi connectivity index (χ2n) is 11.0. The third kappa shape index (κ3) is 6.29. The summed E-state index contributed by atoms with van der Waals surface area (Å²) in [5, 5.41) is 13.3. The van der Waals surface area contributed by atoms with E-state index in [1.54, 1.807) is 39.3 Å². The summed E-state index contributed by atoms with van der Waals surface area (Å²) in [4.78, 5) is 29.8. The molecule has 1 aliphatic rings. The van der Waals surface area contributed by atoms with Gasteiger partial charge in [0.25, 0.3) is 5.56 Å². The number of carbonyl (C=O) groups is 1. The molecule has 1 aromatic carbocycles. The van der Waals surface area contributed by atoms with Gasteiger partial charge in [0, 0.05) is 37.5 Å². The normalized spacial score (nSPS) is 17.8. The molecule has 2 aromatic heterocycles. The number of aryl methyl sites for hydroxylation is 2. The quantitative estimate of drug-likeness (QED) is 0.449. The number of aliphatic hydroxyl groups is 1. The molecule has 0 radical (unpaired) electrons. The van der Waals surface area contributed by atoms with E-state index in [0.717, 1.165) is 47.4 Å². The Hall–Kier alpha value is -3.01. The summed E-state index contributed by atoms with van der Waals surface area (Å²) in [6, 6.07) is 7.04. The second kappa shape index (κ2) is 10.8. The van der Waals surface area contributed by atoms with Crippen molar-refractivity contribution in [3.05, 3.63) is 51.9 Å². The molecule has 0 spiro atoms. The summed E-state index contributed by atoms with van der Waals surface area (Å²) in [5.41, 5.74) is 3.56. The number of nitrogens with one attached hydrogen (secondary N) is 1. The van der Waals surface area contributed by atoms with Gasteiger partial charge in [-0.05, 0) is 71.2 Å².